The Labute approximate surface area is 115 Å². The first-order valence-corrected chi connectivity index (χ1v) is 6.55. The van der Waals surface area contributed by atoms with Gasteiger partial charge in [0.05, 0.1) is 14.2 Å². The molecule has 2 aromatic carbocycles. The molecule has 0 aliphatic carbocycles. The lowest BCUT2D eigenvalue weighted by Crippen LogP contribution is -1.95. The smallest absolute Gasteiger partial charge is 0.126 e. The maximum Gasteiger partial charge on any atom is 0.126 e. The molecule has 2 aromatic rings. The molecule has 100 valence electrons. The van der Waals surface area contributed by atoms with Crippen LogP contribution in [0.4, 0.5) is 0 Å². The van der Waals surface area contributed by atoms with E-state index < -0.39 is 0 Å². The average molecular weight is 256 g/mol. The molecule has 0 saturated heterocycles. The Kier molecular flexibility index (Phi) is 4.45. The molecule has 0 N–H and O–H groups in total. The highest BCUT2D eigenvalue weighted by Crippen LogP contribution is 2.26. The number of benzene rings is 2. The molecule has 2 nitrogen and oxygen atoms in total. The molecule has 19 heavy (non-hydrogen) atoms. The number of hydrogen-bond donors (Lipinski definition) is 0. The van der Waals surface area contributed by atoms with Gasteiger partial charge in [-0.3, -0.25) is 0 Å². The van der Waals surface area contributed by atoms with Gasteiger partial charge in [0.2, 0.25) is 0 Å². The van der Waals surface area contributed by atoms with E-state index in [1.165, 1.54) is 16.7 Å². The van der Waals surface area contributed by atoms with Crippen LogP contribution in [0.1, 0.15) is 23.6 Å². The number of ether oxygens (including phenoxy) is 2. The minimum absolute atomic E-state index is 0.821. The average Bonchev–Trinajstić information content (AvgIpc) is 2.48. The fraction of sp³-hybridized carbons (Fsp3) is 0.294. The van der Waals surface area contributed by atoms with Crippen molar-refractivity contribution in [2.45, 2.75) is 19.8 Å². The Morgan fingerprint density at radius 2 is 1.53 bits per heavy atom. The van der Waals surface area contributed by atoms with Crippen molar-refractivity contribution in [1.82, 2.24) is 0 Å². The fourth-order valence-electron chi connectivity index (χ4n) is 2.11. The number of aryl methyl sites for hydroxylation is 1. The molecular formula is C17H20O2. The minimum atomic E-state index is 0.821. The second-order valence-electron chi connectivity index (χ2n) is 4.52. The normalized spacial score (nSPS) is 10.3. The molecule has 0 radical (unpaired) electrons. The van der Waals surface area contributed by atoms with Gasteiger partial charge in [-0.25, -0.2) is 0 Å². The first-order chi connectivity index (χ1) is 9.26. The van der Waals surface area contributed by atoms with Gasteiger partial charge in [0.25, 0.3) is 0 Å². The van der Waals surface area contributed by atoms with Crippen molar-refractivity contribution < 1.29 is 9.47 Å². The molecule has 0 heterocycles. The zero-order chi connectivity index (χ0) is 13.7. The second-order valence-corrected chi connectivity index (χ2v) is 4.52. The van der Waals surface area contributed by atoms with Gasteiger partial charge in [-0.15, -0.1) is 0 Å². The molecule has 0 aromatic heterocycles. The summed E-state index contributed by atoms with van der Waals surface area (Å²) in [6, 6.07) is 14.7. The Morgan fingerprint density at radius 1 is 0.842 bits per heavy atom. The summed E-state index contributed by atoms with van der Waals surface area (Å²) in [5.41, 5.74) is 3.83. The summed E-state index contributed by atoms with van der Waals surface area (Å²) in [6.07, 6.45) is 1.95. The highest BCUT2D eigenvalue weighted by molar-refractivity contribution is 5.43. The third kappa shape index (κ3) is 3.28. The first-order valence-electron chi connectivity index (χ1n) is 6.55. The van der Waals surface area contributed by atoms with E-state index in [4.69, 9.17) is 9.47 Å². The van der Waals surface area contributed by atoms with Crippen LogP contribution in [0.25, 0.3) is 0 Å². The molecule has 0 atom stereocenters. The quantitative estimate of drug-likeness (QED) is 0.808. The predicted octanol–water partition coefficient (Wildman–Crippen LogP) is 3.86. The van der Waals surface area contributed by atoms with Crippen molar-refractivity contribution in [2.24, 2.45) is 0 Å². The Hall–Kier alpha value is -1.96. The van der Waals surface area contributed by atoms with Crippen LogP contribution in [0.15, 0.2) is 42.5 Å². The summed E-state index contributed by atoms with van der Waals surface area (Å²) < 4.78 is 10.6. The van der Waals surface area contributed by atoms with Gasteiger partial charge >= 0.3 is 0 Å². The van der Waals surface area contributed by atoms with E-state index in [2.05, 4.69) is 37.3 Å². The molecule has 0 saturated carbocycles. The van der Waals surface area contributed by atoms with Crippen LogP contribution in [-0.4, -0.2) is 14.2 Å². The molecule has 0 amide bonds. The van der Waals surface area contributed by atoms with Crippen molar-refractivity contribution >= 4 is 0 Å². The van der Waals surface area contributed by atoms with Crippen molar-refractivity contribution in [2.75, 3.05) is 14.2 Å². The lowest BCUT2D eigenvalue weighted by molar-refractivity contribution is 0.391. The standard InChI is InChI=1S/C17H20O2/c1-4-13-5-7-14(8-6-13)11-15-9-10-16(18-2)12-17(15)19-3/h5-10,12H,4,11H2,1-3H3. The van der Waals surface area contributed by atoms with E-state index in [1.807, 2.05) is 12.1 Å². The third-order valence-electron chi connectivity index (χ3n) is 3.32. The summed E-state index contributed by atoms with van der Waals surface area (Å²) in [5, 5.41) is 0. The monoisotopic (exact) mass is 256 g/mol. The molecule has 2 rings (SSSR count). The summed E-state index contributed by atoms with van der Waals surface area (Å²) in [7, 11) is 3.36. The third-order valence-corrected chi connectivity index (χ3v) is 3.32. The molecular weight excluding hydrogens is 236 g/mol. The second kappa shape index (κ2) is 6.28. The van der Waals surface area contributed by atoms with E-state index >= 15 is 0 Å². The fourth-order valence-corrected chi connectivity index (χ4v) is 2.11. The van der Waals surface area contributed by atoms with Crippen molar-refractivity contribution in [3.63, 3.8) is 0 Å². The SMILES string of the molecule is CCc1ccc(Cc2ccc(OC)cc2OC)cc1. The number of methoxy groups -OCH3 is 2. The van der Waals surface area contributed by atoms with Crippen LogP contribution in [0.2, 0.25) is 0 Å². The maximum atomic E-state index is 5.42. The van der Waals surface area contributed by atoms with Crippen LogP contribution >= 0.6 is 0 Å². The van der Waals surface area contributed by atoms with E-state index in [-0.39, 0.29) is 0 Å². The van der Waals surface area contributed by atoms with Gasteiger partial charge in [0, 0.05) is 12.5 Å². The Bertz CT molecular complexity index is 529. The van der Waals surface area contributed by atoms with Crippen LogP contribution in [0, 0.1) is 0 Å². The Morgan fingerprint density at radius 3 is 2.11 bits per heavy atom. The molecule has 0 spiro atoms. The van der Waals surface area contributed by atoms with Crippen LogP contribution in [0.5, 0.6) is 11.5 Å². The lowest BCUT2D eigenvalue weighted by Gasteiger charge is -2.10. The van der Waals surface area contributed by atoms with Gasteiger partial charge in [0.1, 0.15) is 11.5 Å². The van der Waals surface area contributed by atoms with Gasteiger partial charge in [-0.1, -0.05) is 37.3 Å². The van der Waals surface area contributed by atoms with Crippen LogP contribution in [0.3, 0.4) is 0 Å². The summed E-state index contributed by atoms with van der Waals surface area (Å²) in [6.45, 7) is 2.17. The zero-order valence-corrected chi connectivity index (χ0v) is 11.8. The predicted molar refractivity (Wildman–Crippen MR) is 78.2 cm³/mol. The highest BCUT2D eigenvalue weighted by atomic mass is 16.5. The first kappa shape index (κ1) is 13.5. The summed E-state index contributed by atoms with van der Waals surface area (Å²) >= 11 is 0. The van der Waals surface area contributed by atoms with Crippen LogP contribution < -0.4 is 9.47 Å². The highest BCUT2D eigenvalue weighted by Gasteiger charge is 2.06. The van der Waals surface area contributed by atoms with Gasteiger partial charge in [-0.2, -0.15) is 0 Å². The van der Waals surface area contributed by atoms with Gasteiger partial charge in [0.15, 0.2) is 0 Å². The molecule has 2 heteroatoms. The molecule has 0 unspecified atom stereocenters. The Balaban J connectivity index is 2.21. The van der Waals surface area contributed by atoms with E-state index in [1.54, 1.807) is 14.2 Å². The van der Waals surface area contributed by atoms with E-state index in [9.17, 15) is 0 Å². The maximum absolute atomic E-state index is 5.42. The van der Waals surface area contributed by atoms with Crippen LogP contribution in [-0.2, 0) is 12.8 Å². The van der Waals surface area contributed by atoms with Crippen molar-refractivity contribution in [3.05, 3.63) is 59.2 Å². The molecule has 0 aliphatic heterocycles. The minimum Gasteiger partial charge on any atom is -0.497 e. The largest absolute Gasteiger partial charge is 0.497 e. The number of hydrogen-bond acceptors (Lipinski definition) is 2. The molecule has 0 aliphatic rings. The lowest BCUT2D eigenvalue weighted by atomic mass is 10.0. The molecule has 0 fully saturated rings. The summed E-state index contributed by atoms with van der Waals surface area (Å²) in [4.78, 5) is 0. The topological polar surface area (TPSA) is 18.5 Å². The zero-order valence-electron chi connectivity index (χ0n) is 11.8. The van der Waals surface area contributed by atoms with Gasteiger partial charge in [-0.05, 0) is 29.2 Å². The van der Waals surface area contributed by atoms with Crippen molar-refractivity contribution in [1.29, 1.82) is 0 Å². The van der Waals surface area contributed by atoms with Crippen molar-refractivity contribution in [3.8, 4) is 11.5 Å². The summed E-state index contributed by atoms with van der Waals surface area (Å²) in [5.74, 6) is 1.70. The van der Waals surface area contributed by atoms with Gasteiger partial charge < -0.3 is 9.47 Å². The number of rotatable bonds is 5. The van der Waals surface area contributed by atoms with E-state index in [0.717, 1.165) is 24.3 Å². The molecule has 0 bridgehead atoms. The van der Waals surface area contributed by atoms with E-state index in [0.29, 0.717) is 0 Å².